The van der Waals surface area contributed by atoms with Crippen molar-refractivity contribution in [3.8, 4) is 5.75 Å². The fourth-order valence-electron chi connectivity index (χ4n) is 1.54. The van der Waals surface area contributed by atoms with Gasteiger partial charge in [0.25, 0.3) is 5.91 Å². The number of halogens is 1. The van der Waals surface area contributed by atoms with Gasteiger partial charge in [0.1, 0.15) is 5.82 Å². The first-order valence-electron chi connectivity index (χ1n) is 5.51. The molecule has 100 valence electrons. The van der Waals surface area contributed by atoms with Crippen molar-refractivity contribution >= 4 is 11.7 Å². The summed E-state index contributed by atoms with van der Waals surface area (Å²) < 4.78 is 18.0. The molecule has 0 unspecified atom stereocenters. The third-order valence-corrected chi connectivity index (χ3v) is 2.60. The summed E-state index contributed by atoms with van der Waals surface area (Å²) in [5, 5.41) is 8.96. The summed E-state index contributed by atoms with van der Waals surface area (Å²) >= 11 is 0. The molecule has 1 amide bonds. The lowest BCUT2D eigenvalue weighted by atomic mass is 10.2. The summed E-state index contributed by atoms with van der Waals surface area (Å²) in [6.07, 6.45) is 1.53. The van der Waals surface area contributed by atoms with Crippen molar-refractivity contribution in [1.29, 1.82) is 0 Å². The number of hydrogen-bond donors (Lipinski definition) is 3. The Bertz CT molecular complexity index is 597. The highest BCUT2D eigenvalue weighted by Gasteiger charge is 2.10. The van der Waals surface area contributed by atoms with Crippen LogP contribution in [0.5, 0.6) is 5.75 Å². The quantitative estimate of drug-likeness (QED) is 0.770. The highest BCUT2D eigenvalue weighted by Crippen LogP contribution is 2.18. The van der Waals surface area contributed by atoms with Crippen LogP contribution in [-0.2, 0) is 6.54 Å². The van der Waals surface area contributed by atoms with Crippen molar-refractivity contribution in [2.75, 3.05) is 12.8 Å². The average Bonchev–Trinajstić information content (AvgIpc) is 2.82. The molecule has 7 heteroatoms. The van der Waals surface area contributed by atoms with E-state index in [0.29, 0.717) is 16.9 Å². The smallest absolute Gasteiger partial charge is 0.251 e. The van der Waals surface area contributed by atoms with Crippen LogP contribution in [0.25, 0.3) is 0 Å². The first-order valence-corrected chi connectivity index (χ1v) is 5.51. The molecule has 4 N–H and O–H groups in total. The van der Waals surface area contributed by atoms with E-state index < -0.39 is 5.82 Å². The van der Waals surface area contributed by atoms with Crippen LogP contribution in [-0.4, -0.2) is 23.2 Å². The summed E-state index contributed by atoms with van der Waals surface area (Å²) in [4.78, 5) is 11.9. The van der Waals surface area contributed by atoms with Gasteiger partial charge in [0.2, 0.25) is 0 Å². The maximum atomic E-state index is 13.2. The fraction of sp³-hybridized carbons (Fsp3) is 0.167. The van der Waals surface area contributed by atoms with Crippen LogP contribution < -0.4 is 15.8 Å². The zero-order valence-electron chi connectivity index (χ0n) is 10.2. The molecule has 6 nitrogen and oxygen atoms in total. The van der Waals surface area contributed by atoms with E-state index in [4.69, 9.17) is 10.5 Å². The number of nitrogen functional groups attached to an aromatic ring is 1. The van der Waals surface area contributed by atoms with Gasteiger partial charge in [-0.25, -0.2) is 4.39 Å². The zero-order valence-corrected chi connectivity index (χ0v) is 10.2. The zero-order chi connectivity index (χ0) is 13.8. The lowest BCUT2D eigenvalue weighted by Crippen LogP contribution is -2.23. The van der Waals surface area contributed by atoms with Gasteiger partial charge in [-0.05, 0) is 18.2 Å². The molecule has 1 aromatic carbocycles. The second-order valence-corrected chi connectivity index (χ2v) is 3.84. The number of amides is 1. The predicted octanol–water partition coefficient (Wildman–Crippen LogP) is 1.07. The molecule has 2 rings (SSSR count). The Morgan fingerprint density at radius 1 is 1.58 bits per heavy atom. The number of ether oxygens (including phenoxy) is 1. The van der Waals surface area contributed by atoms with Crippen molar-refractivity contribution in [1.82, 2.24) is 15.5 Å². The Labute approximate surface area is 108 Å². The molecule has 0 bridgehead atoms. The third kappa shape index (κ3) is 2.82. The topological polar surface area (TPSA) is 93.0 Å². The summed E-state index contributed by atoms with van der Waals surface area (Å²) in [7, 11) is 1.34. The van der Waals surface area contributed by atoms with Gasteiger partial charge < -0.3 is 15.8 Å². The van der Waals surface area contributed by atoms with Gasteiger partial charge in [-0.3, -0.25) is 9.89 Å². The summed E-state index contributed by atoms with van der Waals surface area (Å²) in [5.41, 5.74) is 6.58. The number of nitrogens with one attached hydrogen (secondary N) is 2. The van der Waals surface area contributed by atoms with Crippen molar-refractivity contribution in [3.63, 3.8) is 0 Å². The fourth-order valence-corrected chi connectivity index (χ4v) is 1.54. The van der Waals surface area contributed by atoms with Gasteiger partial charge in [-0.15, -0.1) is 0 Å². The number of nitrogens with two attached hydrogens (primary N) is 1. The maximum Gasteiger partial charge on any atom is 0.251 e. The van der Waals surface area contributed by atoms with E-state index in [2.05, 4.69) is 15.5 Å². The molecule has 0 saturated heterocycles. The highest BCUT2D eigenvalue weighted by molar-refractivity contribution is 5.94. The minimum atomic E-state index is -0.516. The van der Waals surface area contributed by atoms with E-state index >= 15 is 0 Å². The van der Waals surface area contributed by atoms with Gasteiger partial charge in [-0.2, -0.15) is 5.10 Å². The van der Waals surface area contributed by atoms with Crippen molar-refractivity contribution in [2.24, 2.45) is 0 Å². The summed E-state index contributed by atoms with van der Waals surface area (Å²) in [5.74, 6) is -0.440. The molecular weight excluding hydrogens is 251 g/mol. The van der Waals surface area contributed by atoms with Crippen LogP contribution in [0.15, 0.2) is 24.4 Å². The minimum Gasteiger partial charge on any atom is -0.494 e. The van der Waals surface area contributed by atoms with Crippen LogP contribution in [0.3, 0.4) is 0 Å². The number of aromatic amines is 1. The molecule has 0 aliphatic carbocycles. The standard InChI is InChI=1S/C12H13FN4O2/c1-19-10-4-7(2-3-9(10)13)12(18)15-5-8-6-16-17-11(8)14/h2-4,6H,5H2,1H3,(H,15,18)(H3,14,16,17). The lowest BCUT2D eigenvalue weighted by molar-refractivity contribution is 0.0950. The second-order valence-electron chi connectivity index (χ2n) is 3.84. The number of H-pyrrole nitrogens is 1. The Kier molecular flexibility index (Phi) is 3.65. The van der Waals surface area contributed by atoms with Crippen molar-refractivity contribution in [3.05, 3.63) is 41.3 Å². The van der Waals surface area contributed by atoms with Gasteiger partial charge in [-0.1, -0.05) is 0 Å². The maximum absolute atomic E-state index is 13.2. The largest absolute Gasteiger partial charge is 0.494 e. The monoisotopic (exact) mass is 264 g/mol. The van der Waals surface area contributed by atoms with Crippen molar-refractivity contribution < 1.29 is 13.9 Å². The number of hydrogen-bond acceptors (Lipinski definition) is 4. The number of nitrogens with zero attached hydrogens (tertiary/aromatic N) is 1. The SMILES string of the molecule is COc1cc(C(=O)NCc2cn[nH]c2N)ccc1F. The molecule has 0 atom stereocenters. The molecule has 0 aliphatic rings. The van der Waals surface area contributed by atoms with E-state index in [9.17, 15) is 9.18 Å². The van der Waals surface area contributed by atoms with E-state index in [-0.39, 0.29) is 18.2 Å². The molecule has 0 fully saturated rings. The Morgan fingerprint density at radius 2 is 2.37 bits per heavy atom. The van der Waals surface area contributed by atoms with E-state index in [0.717, 1.165) is 0 Å². The number of aromatic nitrogens is 2. The molecule has 0 saturated carbocycles. The normalized spacial score (nSPS) is 10.2. The highest BCUT2D eigenvalue weighted by atomic mass is 19.1. The molecule has 0 aliphatic heterocycles. The van der Waals surface area contributed by atoms with Crippen LogP contribution in [0.1, 0.15) is 15.9 Å². The van der Waals surface area contributed by atoms with Gasteiger partial charge in [0.05, 0.1) is 13.3 Å². The minimum absolute atomic E-state index is 0.0236. The second kappa shape index (κ2) is 5.38. The molecule has 0 radical (unpaired) electrons. The van der Waals surface area contributed by atoms with Crippen LogP contribution in [0.4, 0.5) is 10.2 Å². The van der Waals surface area contributed by atoms with Crippen molar-refractivity contribution in [2.45, 2.75) is 6.54 Å². The Hall–Kier alpha value is -2.57. The third-order valence-electron chi connectivity index (χ3n) is 2.60. The first kappa shape index (κ1) is 12.9. The molecule has 1 heterocycles. The number of anilines is 1. The predicted molar refractivity (Wildman–Crippen MR) is 67.1 cm³/mol. The average molecular weight is 264 g/mol. The van der Waals surface area contributed by atoms with Crippen LogP contribution in [0, 0.1) is 5.82 Å². The van der Waals surface area contributed by atoms with Gasteiger partial charge in [0, 0.05) is 17.7 Å². The van der Waals surface area contributed by atoms with E-state index in [1.54, 1.807) is 0 Å². The molecular formula is C12H13FN4O2. The van der Waals surface area contributed by atoms with Crippen LogP contribution in [0.2, 0.25) is 0 Å². The lowest BCUT2D eigenvalue weighted by Gasteiger charge is -2.07. The Balaban J connectivity index is 2.06. The molecule has 1 aromatic heterocycles. The van der Waals surface area contributed by atoms with Gasteiger partial charge >= 0.3 is 0 Å². The number of rotatable bonds is 4. The Morgan fingerprint density at radius 3 is 3.00 bits per heavy atom. The molecule has 0 spiro atoms. The number of carbonyl (C=O) groups excluding carboxylic acids is 1. The summed E-state index contributed by atoms with van der Waals surface area (Å²) in [6.45, 7) is 0.237. The number of methoxy groups -OCH3 is 1. The number of benzene rings is 1. The molecule has 19 heavy (non-hydrogen) atoms. The molecule has 2 aromatic rings. The summed E-state index contributed by atoms with van der Waals surface area (Å²) in [6, 6.07) is 3.90. The van der Waals surface area contributed by atoms with E-state index in [1.165, 1.54) is 31.5 Å². The van der Waals surface area contributed by atoms with E-state index in [1.807, 2.05) is 0 Å². The van der Waals surface area contributed by atoms with Crippen LogP contribution >= 0.6 is 0 Å². The first-order chi connectivity index (χ1) is 9.11. The number of carbonyl (C=O) groups is 1. The van der Waals surface area contributed by atoms with Gasteiger partial charge in [0.15, 0.2) is 11.6 Å².